The van der Waals surface area contributed by atoms with E-state index < -0.39 is 29.9 Å². The molecule has 0 saturated heterocycles. The van der Waals surface area contributed by atoms with Gasteiger partial charge in [0.1, 0.15) is 6.61 Å². The van der Waals surface area contributed by atoms with Crippen LogP contribution in [0, 0.1) is 5.82 Å². The Morgan fingerprint density at radius 2 is 1.78 bits per heavy atom. The van der Waals surface area contributed by atoms with Gasteiger partial charge < -0.3 is 19.9 Å². The lowest BCUT2D eigenvalue weighted by atomic mass is 10.2. The van der Waals surface area contributed by atoms with Crippen LogP contribution in [-0.2, 0) is 20.9 Å². The van der Waals surface area contributed by atoms with Gasteiger partial charge in [-0.3, -0.25) is 4.79 Å². The second kappa shape index (κ2) is 10.3. The number of hydrogen-bond acceptors (Lipinski definition) is 5. The Hall–Kier alpha value is -2.93. The van der Waals surface area contributed by atoms with Crippen LogP contribution in [0.2, 0.25) is 0 Å². The van der Waals surface area contributed by atoms with Crippen molar-refractivity contribution in [1.82, 2.24) is 5.32 Å². The van der Waals surface area contributed by atoms with Gasteiger partial charge in [0.2, 0.25) is 0 Å². The maximum absolute atomic E-state index is 13.6. The van der Waals surface area contributed by atoms with E-state index in [-0.39, 0.29) is 25.3 Å². The minimum Gasteiger partial charge on any atom is -0.478 e. The number of aliphatic hydroxyl groups is 1. The lowest BCUT2D eigenvalue weighted by Gasteiger charge is -2.18. The van der Waals surface area contributed by atoms with Crippen molar-refractivity contribution in [2.45, 2.75) is 32.2 Å². The van der Waals surface area contributed by atoms with Gasteiger partial charge in [-0.2, -0.15) is 0 Å². The van der Waals surface area contributed by atoms with E-state index >= 15 is 0 Å². The molecule has 2 unspecified atom stereocenters. The van der Waals surface area contributed by atoms with Gasteiger partial charge in [0, 0.05) is 0 Å². The standard InChI is InChI=1S/C20H22FNO5/c1-2-17(27-18-11-7-6-10-15(18)21)19(24)22-12-16(23)20(25)26-13-14-8-4-3-5-9-14/h3-11,16-17,23H,2,12-13H2,1H3,(H,22,24). The van der Waals surface area contributed by atoms with Crippen LogP contribution >= 0.6 is 0 Å². The Bertz CT molecular complexity index is 753. The molecule has 0 heterocycles. The van der Waals surface area contributed by atoms with Crippen molar-refractivity contribution in [3.63, 3.8) is 0 Å². The van der Waals surface area contributed by atoms with Crippen LogP contribution in [0.5, 0.6) is 5.75 Å². The molecule has 6 nitrogen and oxygen atoms in total. The average Bonchev–Trinajstić information content (AvgIpc) is 2.70. The topological polar surface area (TPSA) is 84.9 Å². The fourth-order valence-electron chi connectivity index (χ4n) is 2.24. The lowest BCUT2D eigenvalue weighted by molar-refractivity contribution is -0.154. The lowest BCUT2D eigenvalue weighted by Crippen LogP contribution is -2.43. The molecule has 0 spiro atoms. The Labute approximate surface area is 156 Å². The molecule has 0 saturated carbocycles. The van der Waals surface area contributed by atoms with E-state index in [1.807, 2.05) is 6.07 Å². The van der Waals surface area contributed by atoms with Crippen molar-refractivity contribution in [1.29, 1.82) is 0 Å². The molecule has 2 aromatic carbocycles. The zero-order valence-corrected chi connectivity index (χ0v) is 14.9. The van der Waals surface area contributed by atoms with Crippen molar-refractivity contribution in [3.05, 3.63) is 66.0 Å². The molecular formula is C20H22FNO5. The molecule has 2 aromatic rings. The number of nitrogens with one attached hydrogen (secondary N) is 1. The van der Waals surface area contributed by atoms with Gasteiger partial charge in [0.05, 0.1) is 6.54 Å². The minimum absolute atomic E-state index is 0.0264. The van der Waals surface area contributed by atoms with Gasteiger partial charge in [-0.25, -0.2) is 9.18 Å². The van der Waals surface area contributed by atoms with Gasteiger partial charge in [0.15, 0.2) is 23.8 Å². The number of esters is 1. The minimum atomic E-state index is -1.51. The molecule has 0 aliphatic carbocycles. The molecule has 0 aromatic heterocycles. The van der Waals surface area contributed by atoms with Gasteiger partial charge >= 0.3 is 5.97 Å². The van der Waals surface area contributed by atoms with Gasteiger partial charge in [-0.1, -0.05) is 49.4 Å². The molecule has 0 bridgehead atoms. The number of aliphatic hydroxyl groups excluding tert-OH is 1. The molecule has 7 heteroatoms. The largest absolute Gasteiger partial charge is 0.478 e. The first-order chi connectivity index (χ1) is 13.0. The summed E-state index contributed by atoms with van der Waals surface area (Å²) < 4.78 is 24.0. The van der Waals surface area contributed by atoms with E-state index in [1.54, 1.807) is 37.3 Å². The number of benzene rings is 2. The molecule has 0 aliphatic rings. The van der Waals surface area contributed by atoms with Crippen molar-refractivity contribution >= 4 is 11.9 Å². The molecule has 27 heavy (non-hydrogen) atoms. The number of hydrogen-bond donors (Lipinski definition) is 2. The van der Waals surface area contributed by atoms with Gasteiger partial charge in [-0.05, 0) is 24.1 Å². The summed E-state index contributed by atoms with van der Waals surface area (Å²) in [5.74, 6) is -2.02. The summed E-state index contributed by atoms with van der Waals surface area (Å²) in [7, 11) is 0. The number of para-hydroxylation sites is 1. The van der Waals surface area contributed by atoms with Crippen molar-refractivity contribution in [2.75, 3.05) is 6.54 Å². The predicted molar refractivity (Wildman–Crippen MR) is 96.4 cm³/mol. The van der Waals surface area contributed by atoms with Gasteiger partial charge in [0.25, 0.3) is 5.91 Å². The molecule has 144 valence electrons. The first-order valence-electron chi connectivity index (χ1n) is 8.58. The highest BCUT2D eigenvalue weighted by Crippen LogP contribution is 2.18. The highest BCUT2D eigenvalue weighted by atomic mass is 19.1. The number of rotatable bonds is 9. The third kappa shape index (κ3) is 6.38. The molecule has 0 fully saturated rings. The smallest absolute Gasteiger partial charge is 0.337 e. The summed E-state index contributed by atoms with van der Waals surface area (Å²) in [6.07, 6.45) is -2.17. The molecular weight excluding hydrogens is 353 g/mol. The van der Waals surface area contributed by atoms with E-state index in [0.717, 1.165) is 5.56 Å². The summed E-state index contributed by atoms with van der Waals surface area (Å²) in [4.78, 5) is 24.0. The number of halogens is 1. The van der Waals surface area contributed by atoms with Crippen LogP contribution in [0.3, 0.4) is 0 Å². The number of carbonyl (C=O) groups excluding carboxylic acids is 2. The van der Waals surface area contributed by atoms with E-state index in [2.05, 4.69) is 5.32 Å². The van der Waals surface area contributed by atoms with Crippen LogP contribution in [0.4, 0.5) is 4.39 Å². The molecule has 1 amide bonds. The van der Waals surface area contributed by atoms with Crippen LogP contribution in [-0.4, -0.2) is 35.7 Å². The quantitative estimate of drug-likeness (QED) is 0.657. The second-order valence-electron chi connectivity index (χ2n) is 5.80. The third-order valence-electron chi connectivity index (χ3n) is 3.73. The third-order valence-corrected chi connectivity index (χ3v) is 3.73. The van der Waals surface area contributed by atoms with E-state index in [1.165, 1.54) is 18.2 Å². The van der Waals surface area contributed by atoms with Crippen molar-refractivity contribution in [2.24, 2.45) is 0 Å². The second-order valence-corrected chi connectivity index (χ2v) is 5.80. The fourth-order valence-corrected chi connectivity index (χ4v) is 2.24. The van der Waals surface area contributed by atoms with Gasteiger partial charge in [-0.15, -0.1) is 0 Å². The number of carbonyl (C=O) groups is 2. The number of ether oxygens (including phenoxy) is 2. The van der Waals surface area contributed by atoms with E-state index in [4.69, 9.17) is 9.47 Å². The normalized spacial score (nSPS) is 12.7. The molecule has 2 N–H and O–H groups in total. The summed E-state index contributed by atoms with van der Waals surface area (Å²) in [5.41, 5.74) is 0.784. The van der Waals surface area contributed by atoms with Crippen molar-refractivity contribution in [3.8, 4) is 5.75 Å². The van der Waals surface area contributed by atoms with Crippen molar-refractivity contribution < 1.29 is 28.6 Å². The highest BCUT2D eigenvalue weighted by Gasteiger charge is 2.23. The Kier molecular flexibility index (Phi) is 7.76. The first-order valence-corrected chi connectivity index (χ1v) is 8.58. The van der Waals surface area contributed by atoms with Crippen LogP contribution in [0.25, 0.3) is 0 Å². The van der Waals surface area contributed by atoms with Crippen LogP contribution < -0.4 is 10.1 Å². The monoisotopic (exact) mass is 375 g/mol. The Balaban J connectivity index is 1.80. The number of amides is 1. The SMILES string of the molecule is CCC(Oc1ccccc1F)C(=O)NCC(O)C(=O)OCc1ccccc1. The molecule has 0 aliphatic heterocycles. The predicted octanol–water partition coefficient (Wildman–Crippen LogP) is 2.20. The highest BCUT2D eigenvalue weighted by molar-refractivity contribution is 5.82. The molecule has 2 rings (SSSR count). The van der Waals surface area contributed by atoms with Crippen LogP contribution in [0.15, 0.2) is 54.6 Å². The zero-order chi connectivity index (χ0) is 19.6. The average molecular weight is 375 g/mol. The maximum Gasteiger partial charge on any atom is 0.337 e. The van der Waals surface area contributed by atoms with E-state index in [0.29, 0.717) is 0 Å². The zero-order valence-electron chi connectivity index (χ0n) is 14.9. The molecule has 2 atom stereocenters. The Morgan fingerprint density at radius 3 is 2.44 bits per heavy atom. The summed E-state index contributed by atoms with van der Waals surface area (Å²) in [6.45, 7) is 1.40. The summed E-state index contributed by atoms with van der Waals surface area (Å²) >= 11 is 0. The Morgan fingerprint density at radius 1 is 1.11 bits per heavy atom. The molecule has 0 radical (unpaired) electrons. The maximum atomic E-state index is 13.6. The fraction of sp³-hybridized carbons (Fsp3) is 0.300. The summed E-state index contributed by atoms with van der Waals surface area (Å²) in [6, 6.07) is 14.8. The first kappa shape index (κ1) is 20.4. The van der Waals surface area contributed by atoms with Crippen LogP contribution in [0.1, 0.15) is 18.9 Å². The summed E-state index contributed by atoms with van der Waals surface area (Å²) in [5, 5.41) is 12.3. The van der Waals surface area contributed by atoms with E-state index in [9.17, 15) is 19.1 Å².